The lowest BCUT2D eigenvalue weighted by molar-refractivity contribution is -0.114. The molecule has 0 heterocycles. The van der Waals surface area contributed by atoms with Gasteiger partial charge in [0.25, 0.3) is 5.91 Å². The molecule has 2 aromatic rings. The van der Waals surface area contributed by atoms with Gasteiger partial charge in [-0.25, -0.2) is 12.8 Å². The van der Waals surface area contributed by atoms with Crippen LogP contribution >= 0.6 is 11.6 Å². The molecular weight excluding hydrogens is 421 g/mol. The lowest BCUT2D eigenvalue weighted by Gasteiger charge is -2.19. The predicted octanol–water partition coefficient (Wildman–Crippen LogP) is 3.72. The van der Waals surface area contributed by atoms with Crippen LogP contribution in [0.15, 0.2) is 41.3 Å². The van der Waals surface area contributed by atoms with Crippen LogP contribution in [0.3, 0.4) is 0 Å². The van der Waals surface area contributed by atoms with Crippen LogP contribution in [-0.2, 0) is 14.8 Å². The molecule has 2 aromatic carbocycles. The highest BCUT2D eigenvalue weighted by Crippen LogP contribution is 2.27. The van der Waals surface area contributed by atoms with Gasteiger partial charge in [0.15, 0.2) is 0 Å². The van der Waals surface area contributed by atoms with E-state index in [4.69, 9.17) is 11.6 Å². The number of hydrogen-bond donors (Lipinski definition) is 2. The summed E-state index contributed by atoms with van der Waals surface area (Å²) in [6.45, 7) is 5.17. The van der Waals surface area contributed by atoms with Gasteiger partial charge in [-0.15, -0.1) is 0 Å². The third kappa shape index (κ3) is 5.31. The molecule has 0 unspecified atom stereocenters. The zero-order valence-electron chi connectivity index (χ0n) is 16.1. The highest BCUT2D eigenvalue weighted by atomic mass is 35.5. The number of carbonyl (C=O) groups excluding carboxylic acids is 2. The lowest BCUT2D eigenvalue weighted by Crippen LogP contribution is -2.31. The first kappa shape index (κ1) is 22.8. The van der Waals surface area contributed by atoms with Crippen molar-refractivity contribution in [2.75, 3.05) is 23.7 Å². The minimum Gasteiger partial charge on any atom is -0.326 e. The Hall–Kier alpha value is -2.49. The zero-order valence-corrected chi connectivity index (χ0v) is 17.7. The number of halogens is 2. The molecule has 0 aliphatic rings. The number of rotatable bonds is 7. The predicted molar refractivity (Wildman–Crippen MR) is 110 cm³/mol. The van der Waals surface area contributed by atoms with Crippen LogP contribution in [0.5, 0.6) is 0 Å². The van der Waals surface area contributed by atoms with Gasteiger partial charge in [0.1, 0.15) is 5.82 Å². The maximum absolute atomic E-state index is 14.3. The van der Waals surface area contributed by atoms with Gasteiger partial charge in [-0.05, 0) is 36.4 Å². The molecule has 0 atom stereocenters. The minimum absolute atomic E-state index is 0.138. The average molecular weight is 442 g/mol. The lowest BCUT2D eigenvalue weighted by atomic mass is 10.2. The molecule has 0 radical (unpaired) electrons. The summed E-state index contributed by atoms with van der Waals surface area (Å²) in [7, 11) is -3.86. The Morgan fingerprint density at radius 3 is 2.31 bits per heavy atom. The van der Waals surface area contributed by atoms with Crippen molar-refractivity contribution in [3.05, 3.63) is 52.8 Å². The molecule has 0 aliphatic carbocycles. The van der Waals surface area contributed by atoms with Gasteiger partial charge in [0.05, 0.1) is 21.2 Å². The van der Waals surface area contributed by atoms with Gasteiger partial charge in [-0.1, -0.05) is 25.4 Å². The molecule has 0 fully saturated rings. The Labute approximate surface area is 173 Å². The van der Waals surface area contributed by atoms with E-state index in [1.807, 2.05) is 0 Å². The summed E-state index contributed by atoms with van der Waals surface area (Å²) in [6.07, 6.45) is 0. The second-order valence-corrected chi connectivity index (χ2v) is 8.41. The second-order valence-electron chi connectivity index (χ2n) is 6.06. The number of nitrogens with one attached hydrogen (secondary N) is 2. The van der Waals surface area contributed by atoms with E-state index >= 15 is 0 Å². The molecule has 0 bridgehead atoms. The van der Waals surface area contributed by atoms with Crippen molar-refractivity contribution in [2.45, 2.75) is 25.7 Å². The molecule has 29 heavy (non-hydrogen) atoms. The van der Waals surface area contributed by atoms with E-state index in [0.717, 1.165) is 18.2 Å². The maximum Gasteiger partial charge on any atom is 0.258 e. The van der Waals surface area contributed by atoms with Gasteiger partial charge in [0, 0.05) is 25.7 Å². The zero-order chi connectivity index (χ0) is 21.8. The first-order valence-electron chi connectivity index (χ1n) is 8.78. The largest absolute Gasteiger partial charge is 0.326 e. The minimum atomic E-state index is -3.86. The Bertz CT molecular complexity index is 1040. The van der Waals surface area contributed by atoms with E-state index < -0.39 is 27.3 Å². The van der Waals surface area contributed by atoms with Crippen molar-refractivity contribution in [3.8, 4) is 0 Å². The van der Waals surface area contributed by atoms with Crippen molar-refractivity contribution in [2.24, 2.45) is 0 Å². The first-order valence-corrected chi connectivity index (χ1v) is 10.6. The van der Waals surface area contributed by atoms with E-state index in [0.29, 0.717) is 5.69 Å². The number of benzene rings is 2. The highest BCUT2D eigenvalue weighted by Gasteiger charge is 2.24. The summed E-state index contributed by atoms with van der Waals surface area (Å²) < 4.78 is 40.8. The fourth-order valence-corrected chi connectivity index (χ4v) is 4.29. The van der Waals surface area contributed by atoms with E-state index in [1.165, 1.54) is 29.4 Å². The number of anilines is 2. The van der Waals surface area contributed by atoms with Crippen molar-refractivity contribution in [1.29, 1.82) is 0 Å². The number of amides is 2. The maximum atomic E-state index is 14.3. The fraction of sp³-hybridized carbons (Fsp3) is 0.263. The van der Waals surface area contributed by atoms with Crippen LogP contribution in [0.25, 0.3) is 0 Å². The Morgan fingerprint density at radius 1 is 1.07 bits per heavy atom. The molecule has 2 amide bonds. The number of carbonyl (C=O) groups is 2. The summed E-state index contributed by atoms with van der Waals surface area (Å²) in [6, 6.07) is 7.45. The number of sulfonamides is 1. The molecule has 10 heteroatoms. The summed E-state index contributed by atoms with van der Waals surface area (Å²) in [5, 5.41) is 5.16. The van der Waals surface area contributed by atoms with E-state index in [1.54, 1.807) is 13.8 Å². The third-order valence-corrected chi connectivity index (χ3v) is 6.44. The SMILES string of the molecule is CCN(CC)S(=O)(=O)c1ccc(F)c(C(=O)Nc2cc(NC(C)=O)ccc2Cl)c1. The standard InChI is InChI=1S/C19H21ClFN3O4S/c1-4-24(5-2)29(27,28)14-7-9-17(21)15(11-14)19(26)23-18-10-13(22-12(3)25)6-8-16(18)20/h6-11H,4-5H2,1-3H3,(H,22,25)(H,23,26). The van der Waals surface area contributed by atoms with Crippen molar-refractivity contribution in [1.82, 2.24) is 4.31 Å². The average Bonchev–Trinajstić information content (AvgIpc) is 2.64. The van der Waals surface area contributed by atoms with E-state index in [9.17, 15) is 22.4 Å². The van der Waals surface area contributed by atoms with Crippen LogP contribution in [-0.4, -0.2) is 37.6 Å². The molecule has 0 saturated carbocycles. The van der Waals surface area contributed by atoms with Crippen LogP contribution in [0.4, 0.5) is 15.8 Å². The normalized spacial score (nSPS) is 11.4. The van der Waals surface area contributed by atoms with Gasteiger partial charge < -0.3 is 10.6 Å². The fourth-order valence-electron chi connectivity index (χ4n) is 2.64. The third-order valence-electron chi connectivity index (χ3n) is 4.06. The molecule has 0 aliphatic heterocycles. The van der Waals surface area contributed by atoms with Gasteiger partial charge in [-0.2, -0.15) is 4.31 Å². The molecule has 2 N–H and O–H groups in total. The monoisotopic (exact) mass is 441 g/mol. The molecule has 0 aromatic heterocycles. The van der Waals surface area contributed by atoms with Crippen LogP contribution < -0.4 is 10.6 Å². The second kappa shape index (κ2) is 9.34. The highest BCUT2D eigenvalue weighted by molar-refractivity contribution is 7.89. The van der Waals surface area contributed by atoms with E-state index in [-0.39, 0.29) is 34.6 Å². The summed E-state index contributed by atoms with van der Waals surface area (Å²) >= 11 is 6.06. The topological polar surface area (TPSA) is 95.6 Å². The molecule has 0 saturated heterocycles. The van der Waals surface area contributed by atoms with Gasteiger partial charge >= 0.3 is 0 Å². The summed E-state index contributed by atoms with van der Waals surface area (Å²) in [5.74, 6) is -2.07. The Kier molecular flexibility index (Phi) is 7.34. The van der Waals surface area contributed by atoms with Crippen LogP contribution in [0.1, 0.15) is 31.1 Å². The Balaban J connectivity index is 2.38. The number of nitrogens with zero attached hydrogens (tertiary/aromatic N) is 1. The Morgan fingerprint density at radius 2 is 1.72 bits per heavy atom. The van der Waals surface area contributed by atoms with Crippen LogP contribution in [0.2, 0.25) is 5.02 Å². The van der Waals surface area contributed by atoms with Gasteiger partial charge in [-0.3, -0.25) is 9.59 Å². The number of hydrogen-bond acceptors (Lipinski definition) is 4. The van der Waals surface area contributed by atoms with Crippen molar-refractivity contribution >= 4 is 44.8 Å². The molecular formula is C19H21ClFN3O4S. The molecule has 7 nitrogen and oxygen atoms in total. The summed E-state index contributed by atoms with van der Waals surface area (Å²) in [4.78, 5) is 23.6. The quantitative estimate of drug-likeness (QED) is 0.684. The molecule has 0 spiro atoms. The molecule has 2 rings (SSSR count). The first-order chi connectivity index (χ1) is 13.6. The van der Waals surface area contributed by atoms with Gasteiger partial charge in [0.2, 0.25) is 15.9 Å². The summed E-state index contributed by atoms with van der Waals surface area (Å²) in [5.41, 5.74) is 0.0779. The van der Waals surface area contributed by atoms with Crippen molar-refractivity contribution < 1.29 is 22.4 Å². The van der Waals surface area contributed by atoms with Crippen LogP contribution in [0, 0.1) is 5.82 Å². The smallest absolute Gasteiger partial charge is 0.258 e. The molecule has 156 valence electrons. The van der Waals surface area contributed by atoms with Crippen molar-refractivity contribution in [3.63, 3.8) is 0 Å². The van der Waals surface area contributed by atoms with E-state index in [2.05, 4.69) is 10.6 Å².